The number of anilines is 1. The van der Waals surface area contributed by atoms with E-state index in [-0.39, 0.29) is 5.41 Å². The summed E-state index contributed by atoms with van der Waals surface area (Å²) in [5.41, 5.74) is 3.30. The highest BCUT2D eigenvalue weighted by atomic mass is 16.1. The lowest BCUT2D eigenvalue weighted by molar-refractivity contribution is 0.0874. The first kappa shape index (κ1) is 20.1. The molecular weight excluding hydrogens is 368 g/mol. The zero-order chi connectivity index (χ0) is 20.7. The molecule has 0 bridgehead atoms. The smallest absolute Gasteiger partial charge is 0.174 e. The molecule has 30 heavy (non-hydrogen) atoms. The number of carbonyl (C=O) groups excluding carboxylic acids is 1. The largest absolute Gasteiger partial charge is 0.370 e. The van der Waals surface area contributed by atoms with Gasteiger partial charge in [0.2, 0.25) is 0 Å². The van der Waals surface area contributed by atoms with E-state index in [4.69, 9.17) is 0 Å². The summed E-state index contributed by atoms with van der Waals surface area (Å²) >= 11 is 0. The predicted octanol–water partition coefficient (Wildman–Crippen LogP) is 5.80. The number of rotatable bonds is 7. The molecule has 1 heterocycles. The van der Waals surface area contributed by atoms with E-state index < -0.39 is 0 Å². The number of Topliss-reactive ketones (excluding diaryl/α,β-unsaturated/α-hetero) is 1. The fourth-order valence-electron chi connectivity index (χ4n) is 6.17. The van der Waals surface area contributed by atoms with E-state index in [0.29, 0.717) is 5.78 Å². The zero-order valence-corrected chi connectivity index (χ0v) is 18.8. The topological polar surface area (TPSA) is 23.6 Å². The van der Waals surface area contributed by atoms with Crippen molar-refractivity contribution >= 4 is 22.2 Å². The van der Waals surface area contributed by atoms with Crippen molar-refractivity contribution in [3.8, 4) is 0 Å². The van der Waals surface area contributed by atoms with Gasteiger partial charge in [-0.3, -0.25) is 4.79 Å². The van der Waals surface area contributed by atoms with Gasteiger partial charge in [0, 0.05) is 42.8 Å². The number of carbonyl (C=O) groups is 1. The molecule has 0 aromatic heterocycles. The lowest BCUT2D eigenvalue weighted by Gasteiger charge is -2.30. The van der Waals surface area contributed by atoms with Crippen LogP contribution in [0.1, 0.15) is 74.7 Å². The van der Waals surface area contributed by atoms with Crippen molar-refractivity contribution in [1.82, 2.24) is 4.90 Å². The van der Waals surface area contributed by atoms with Crippen LogP contribution >= 0.6 is 0 Å². The van der Waals surface area contributed by atoms with Gasteiger partial charge in [0.15, 0.2) is 5.78 Å². The second kappa shape index (κ2) is 8.00. The molecule has 5 rings (SSSR count). The molecule has 3 heteroatoms. The Kier molecular flexibility index (Phi) is 5.35. The second-order valence-corrected chi connectivity index (χ2v) is 9.86. The van der Waals surface area contributed by atoms with Crippen LogP contribution in [-0.2, 0) is 5.41 Å². The monoisotopic (exact) mass is 404 g/mol. The maximum absolute atomic E-state index is 13.7. The molecule has 3 nitrogen and oxygen atoms in total. The maximum atomic E-state index is 13.7. The van der Waals surface area contributed by atoms with Gasteiger partial charge in [-0.15, -0.1) is 0 Å². The Balaban J connectivity index is 1.52. The molecule has 2 aromatic rings. The third-order valence-electron chi connectivity index (χ3n) is 7.71. The number of hydrogen-bond donors (Lipinski definition) is 0. The minimum Gasteiger partial charge on any atom is -0.370 e. The molecule has 3 aliphatic rings. The van der Waals surface area contributed by atoms with E-state index in [0.717, 1.165) is 56.8 Å². The zero-order valence-electron chi connectivity index (χ0n) is 18.8. The fraction of sp³-hybridized carbons (Fsp3) is 0.593. The number of ketones is 1. The molecule has 0 spiro atoms. The van der Waals surface area contributed by atoms with Gasteiger partial charge >= 0.3 is 0 Å². The summed E-state index contributed by atoms with van der Waals surface area (Å²) in [7, 11) is 0. The van der Waals surface area contributed by atoms with E-state index in [1.807, 2.05) is 0 Å². The molecule has 0 amide bonds. The van der Waals surface area contributed by atoms with Crippen LogP contribution in [0.5, 0.6) is 0 Å². The third-order valence-corrected chi connectivity index (χ3v) is 7.71. The van der Waals surface area contributed by atoms with Crippen LogP contribution in [0.15, 0.2) is 30.3 Å². The summed E-state index contributed by atoms with van der Waals surface area (Å²) in [5.74, 6) is 1.33. The van der Waals surface area contributed by atoms with Gasteiger partial charge in [0.05, 0.1) is 5.41 Å². The summed E-state index contributed by atoms with van der Waals surface area (Å²) in [4.78, 5) is 18.9. The Bertz CT molecular complexity index is 939. The number of benzene rings is 2. The Morgan fingerprint density at radius 3 is 2.50 bits per heavy atom. The molecule has 2 aliphatic carbocycles. The molecule has 2 aromatic carbocycles. The molecule has 0 atom stereocenters. The molecule has 0 N–H and O–H groups in total. The highest BCUT2D eigenvalue weighted by Gasteiger charge is 2.46. The van der Waals surface area contributed by atoms with E-state index in [1.54, 1.807) is 0 Å². The summed E-state index contributed by atoms with van der Waals surface area (Å²) in [6, 6.07) is 11.1. The quantitative estimate of drug-likeness (QED) is 0.583. The van der Waals surface area contributed by atoms with Gasteiger partial charge in [0.1, 0.15) is 0 Å². The van der Waals surface area contributed by atoms with Crippen molar-refractivity contribution in [2.45, 2.75) is 64.2 Å². The average Bonchev–Trinajstić information content (AvgIpc) is 3.57. The van der Waals surface area contributed by atoms with Gasteiger partial charge in [-0.1, -0.05) is 51.0 Å². The van der Waals surface area contributed by atoms with Crippen molar-refractivity contribution in [3.63, 3.8) is 0 Å². The van der Waals surface area contributed by atoms with E-state index >= 15 is 0 Å². The average molecular weight is 405 g/mol. The van der Waals surface area contributed by atoms with Gasteiger partial charge in [0.25, 0.3) is 0 Å². The van der Waals surface area contributed by atoms with Crippen LogP contribution in [0, 0.1) is 5.92 Å². The summed E-state index contributed by atoms with van der Waals surface area (Å²) in [6.45, 7) is 10.3. The highest BCUT2D eigenvalue weighted by molar-refractivity contribution is 6.22. The molecule has 0 radical (unpaired) electrons. The second-order valence-electron chi connectivity index (χ2n) is 9.86. The first-order valence-corrected chi connectivity index (χ1v) is 12.3. The summed E-state index contributed by atoms with van der Waals surface area (Å²) in [6.07, 6.45) is 8.11. The fourth-order valence-corrected chi connectivity index (χ4v) is 6.17. The summed E-state index contributed by atoms with van der Waals surface area (Å²) < 4.78 is 0. The molecular formula is C27H36N2O. The molecule has 1 saturated heterocycles. The Morgan fingerprint density at radius 1 is 0.967 bits per heavy atom. The lowest BCUT2D eigenvalue weighted by atomic mass is 9.73. The predicted molar refractivity (Wildman–Crippen MR) is 126 cm³/mol. The van der Waals surface area contributed by atoms with Crippen LogP contribution in [0.3, 0.4) is 0 Å². The Labute approximate surface area is 181 Å². The van der Waals surface area contributed by atoms with Crippen LogP contribution < -0.4 is 4.90 Å². The molecule has 160 valence electrons. The van der Waals surface area contributed by atoms with E-state index in [9.17, 15) is 4.79 Å². The minimum atomic E-state index is -0.302. The van der Waals surface area contributed by atoms with Gasteiger partial charge in [-0.05, 0) is 61.6 Å². The first-order valence-electron chi connectivity index (χ1n) is 12.3. The third kappa shape index (κ3) is 3.26. The van der Waals surface area contributed by atoms with E-state index in [1.165, 1.54) is 54.4 Å². The van der Waals surface area contributed by atoms with Crippen LogP contribution in [-0.4, -0.2) is 43.4 Å². The standard InChI is InChI=1S/C27H36N2O/c1-3-13-27(14-4-2)23-11-12-24(21-7-5-8-22(25(21)23)26(27)30)29-16-6-15-28(17-18-29)19-20-9-10-20/h5,7-8,11-12,20H,3-4,6,9-10,13-19H2,1-2H3. The Hall–Kier alpha value is -1.87. The van der Waals surface area contributed by atoms with Crippen molar-refractivity contribution in [2.24, 2.45) is 5.92 Å². The molecule has 1 saturated carbocycles. The van der Waals surface area contributed by atoms with Gasteiger partial charge in [-0.25, -0.2) is 0 Å². The lowest BCUT2D eigenvalue weighted by Crippen LogP contribution is -2.32. The molecule has 0 unspecified atom stereocenters. The Morgan fingerprint density at radius 2 is 1.77 bits per heavy atom. The van der Waals surface area contributed by atoms with Crippen LogP contribution in [0.25, 0.3) is 10.8 Å². The highest BCUT2D eigenvalue weighted by Crippen LogP contribution is 2.49. The number of nitrogens with zero attached hydrogens (tertiary/aromatic N) is 2. The molecule has 1 aliphatic heterocycles. The first-order chi connectivity index (χ1) is 14.7. The summed E-state index contributed by atoms with van der Waals surface area (Å²) in [5, 5.41) is 2.55. The normalized spacial score (nSPS) is 21.4. The SMILES string of the molecule is CCCC1(CCC)C(=O)c2cccc3c(N4CCCN(CC5CC5)CC4)ccc1c23. The van der Waals surface area contributed by atoms with Crippen LogP contribution in [0.4, 0.5) is 5.69 Å². The minimum absolute atomic E-state index is 0.302. The van der Waals surface area contributed by atoms with Crippen molar-refractivity contribution < 1.29 is 4.79 Å². The van der Waals surface area contributed by atoms with Gasteiger partial charge < -0.3 is 9.80 Å². The molecule has 2 fully saturated rings. The van der Waals surface area contributed by atoms with Gasteiger partial charge in [-0.2, -0.15) is 0 Å². The van der Waals surface area contributed by atoms with Crippen molar-refractivity contribution in [2.75, 3.05) is 37.6 Å². The maximum Gasteiger partial charge on any atom is 0.174 e. The van der Waals surface area contributed by atoms with E-state index in [2.05, 4.69) is 54.0 Å². The number of hydrogen-bond acceptors (Lipinski definition) is 3. The van der Waals surface area contributed by atoms with Crippen LogP contribution in [0.2, 0.25) is 0 Å². The van der Waals surface area contributed by atoms with Crippen molar-refractivity contribution in [3.05, 3.63) is 41.5 Å². The van der Waals surface area contributed by atoms with Crippen molar-refractivity contribution in [1.29, 1.82) is 0 Å².